The Kier molecular flexibility index (Phi) is 15.2. The summed E-state index contributed by atoms with van der Waals surface area (Å²) < 4.78 is 55.5. The Morgan fingerprint density at radius 3 is 1.23 bits per heavy atom. The van der Waals surface area contributed by atoms with Gasteiger partial charge in [-0.25, -0.2) is 9.36 Å². The quantitative estimate of drug-likeness (QED) is 0.166. The van der Waals surface area contributed by atoms with Crippen LogP contribution in [0.15, 0.2) is 9.59 Å². The van der Waals surface area contributed by atoms with Gasteiger partial charge < -0.3 is 52.7 Å². The van der Waals surface area contributed by atoms with Crippen molar-refractivity contribution in [2.24, 2.45) is 0 Å². The van der Waals surface area contributed by atoms with Crippen molar-refractivity contribution in [3.8, 4) is 0 Å². The van der Waals surface area contributed by atoms with E-state index in [0.29, 0.717) is 9.25 Å². The van der Waals surface area contributed by atoms with Crippen molar-refractivity contribution in [1.82, 2.24) is 14.3 Å². The Labute approximate surface area is 316 Å². The van der Waals surface area contributed by atoms with Gasteiger partial charge in [-0.05, 0) is 0 Å². The Morgan fingerprint density at radius 1 is 0.536 bits per heavy atom. The number of nitrogens with one attached hydrogen (secondary N) is 1. The maximum absolute atomic E-state index is 14.7. The molecule has 1 aromatic heterocycles. The molecular formula is C32H42N4O20. The van der Waals surface area contributed by atoms with Crippen LogP contribution in [0, 0.1) is 0 Å². The van der Waals surface area contributed by atoms with Gasteiger partial charge in [0, 0.05) is 62.4 Å². The van der Waals surface area contributed by atoms with Gasteiger partial charge in [0.25, 0.3) is 0 Å². The topological polar surface area (TPSA) is 298 Å². The summed E-state index contributed by atoms with van der Waals surface area (Å²) in [6, 6.07) is 0. The molecule has 3 heterocycles. The number of nitrogens with zero attached hydrogens (tertiary/aromatic N) is 3. The molecule has 0 unspecified atom stereocenters. The lowest BCUT2D eigenvalue weighted by Crippen LogP contribution is -2.65. The minimum Gasteiger partial charge on any atom is -0.463 e. The second-order valence-corrected chi connectivity index (χ2v) is 12.2. The largest absolute Gasteiger partial charge is 0.463 e. The number of aromatic nitrogens is 3. The lowest BCUT2D eigenvalue weighted by molar-refractivity contribution is -0.275. The standard InChI is InChI=1S/C32H42N4O20/c1-12(37)47-10-20-22(49-14(3)39)24(51-16(5)41)26(53-18(7)43)30(55-20)35-29(45)28(33-9)34-36(32(35)46)31-27(54-19(8)44)25(52-17(6)42)23(50-15(4)40)21(56-31)11-48-13(2)38/h20-27,30-31H,10-11H2,1-9H3,(H,33,34)/t20-,21-,22+,23+,24+,25+,26-,27+,30-,31-/m1/s1. The third-order valence-electron chi connectivity index (χ3n) is 7.70. The van der Waals surface area contributed by atoms with Crippen LogP contribution in [0.1, 0.15) is 67.8 Å². The summed E-state index contributed by atoms with van der Waals surface area (Å²) in [6.07, 6.45) is -18.1. The smallest absolute Gasteiger partial charge is 0.352 e. The van der Waals surface area contributed by atoms with E-state index in [4.69, 9.17) is 47.4 Å². The average molecular weight is 803 g/mol. The number of esters is 8. The van der Waals surface area contributed by atoms with Gasteiger partial charge in [0.15, 0.2) is 49.1 Å². The summed E-state index contributed by atoms with van der Waals surface area (Å²) in [5.41, 5.74) is -2.74. The van der Waals surface area contributed by atoms with Crippen molar-refractivity contribution in [2.45, 2.75) is 117 Å². The SMILES string of the molecule is CNc1nn([C@@H]2O[C@H](COC(C)=O)[C@H](OC(C)=O)[C@H](OC(C)=O)[C@@H]2OC(C)=O)c(=O)n([C@@H]2O[C@H](COC(C)=O)[C@H](OC(C)=O)[C@H](OC(C)=O)[C@H]2OC(C)=O)c1=O. The third-order valence-corrected chi connectivity index (χ3v) is 7.70. The van der Waals surface area contributed by atoms with E-state index in [1.54, 1.807) is 0 Å². The Morgan fingerprint density at radius 2 is 0.875 bits per heavy atom. The number of ether oxygens (including phenoxy) is 10. The maximum Gasteiger partial charge on any atom is 0.352 e. The zero-order valence-corrected chi connectivity index (χ0v) is 31.7. The van der Waals surface area contributed by atoms with Crippen LogP contribution in [0.4, 0.5) is 5.82 Å². The molecule has 0 aliphatic carbocycles. The third kappa shape index (κ3) is 11.1. The Hall–Kier alpha value is -5.91. The highest BCUT2D eigenvalue weighted by molar-refractivity contribution is 5.70. The molecule has 1 N–H and O–H groups in total. The monoisotopic (exact) mass is 802 g/mol. The zero-order chi connectivity index (χ0) is 42.2. The van der Waals surface area contributed by atoms with Crippen LogP contribution in [0.2, 0.25) is 0 Å². The van der Waals surface area contributed by atoms with E-state index >= 15 is 0 Å². The summed E-state index contributed by atoms with van der Waals surface area (Å²) in [4.78, 5) is 127. The van der Waals surface area contributed by atoms with Crippen molar-refractivity contribution in [3.05, 3.63) is 20.8 Å². The second kappa shape index (κ2) is 19.1. The first-order valence-corrected chi connectivity index (χ1v) is 16.7. The summed E-state index contributed by atoms with van der Waals surface area (Å²) in [6.45, 7) is 6.44. The fourth-order valence-corrected chi connectivity index (χ4v) is 5.87. The molecule has 2 aliphatic rings. The molecule has 24 heteroatoms. The van der Waals surface area contributed by atoms with Gasteiger partial charge in [0.2, 0.25) is 5.82 Å². The number of carbonyl (C=O) groups is 8. The van der Waals surface area contributed by atoms with E-state index < -0.39 is 139 Å². The lowest BCUT2D eigenvalue weighted by Gasteiger charge is -2.45. The van der Waals surface area contributed by atoms with Crippen LogP contribution in [-0.2, 0) is 85.7 Å². The minimum absolute atomic E-state index is 0.335. The van der Waals surface area contributed by atoms with Crippen LogP contribution in [0.25, 0.3) is 0 Å². The van der Waals surface area contributed by atoms with E-state index in [2.05, 4.69) is 10.4 Å². The first-order valence-electron chi connectivity index (χ1n) is 16.7. The predicted octanol–water partition coefficient (Wildman–Crippen LogP) is -2.04. The van der Waals surface area contributed by atoms with Gasteiger partial charge in [-0.2, -0.15) is 4.68 Å². The molecule has 24 nitrogen and oxygen atoms in total. The van der Waals surface area contributed by atoms with Crippen LogP contribution >= 0.6 is 0 Å². The molecule has 2 saturated heterocycles. The first-order chi connectivity index (χ1) is 26.2. The molecule has 0 radical (unpaired) electrons. The van der Waals surface area contributed by atoms with E-state index in [0.717, 1.165) is 55.4 Å². The second-order valence-electron chi connectivity index (χ2n) is 12.2. The van der Waals surface area contributed by atoms with Crippen LogP contribution in [0.5, 0.6) is 0 Å². The fourth-order valence-electron chi connectivity index (χ4n) is 5.87. The van der Waals surface area contributed by atoms with Crippen LogP contribution in [-0.4, -0.2) is 131 Å². The van der Waals surface area contributed by atoms with E-state index in [1.807, 2.05) is 0 Å². The zero-order valence-electron chi connectivity index (χ0n) is 31.7. The van der Waals surface area contributed by atoms with E-state index in [-0.39, 0.29) is 0 Å². The molecule has 0 aromatic carbocycles. The molecule has 0 saturated carbocycles. The highest BCUT2D eigenvalue weighted by Gasteiger charge is 2.56. The molecule has 0 bridgehead atoms. The van der Waals surface area contributed by atoms with Crippen molar-refractivity contribution in [1.29, 1.82) is 0 Å². The summed E-state index contributed by atoms with van der Waals surface area (Å²) in [5.74, 6) is -8.30. The Balaban J connectivity index is 2.42. The molecule has 0 amide bonds. The molecule has 2 fully saturated rings. The fraction of sp³-hybridized carbons (Fsp3) is 0.656. The summed E-state index contributed by atoms with van der Waals surface area (Å²) >= 11 is 0. The highest BCUT2D eigenvalue weighted by Crippen LogP contribution is 2.36. The van der Waals surface area contributed by atoms with Crippen molar-refractivity contribution in [3.63, 3.8) is 0 Å². The molecular weight excluding hydrogens is 760 g/mol. The first kappa shape index (κ1) is 44.5. The molecule has 10 atom stereocenters. The van der Waals surface area contributed by atoms with Gasteiger partial charge in [0.1, 0.15) is 25.4 Å². The van der Waals surface area contributed by atoms with E-state index in [1.165, 1.54) is 7.05 Å². The minimum atomic E-state index is -2.11. The van der Waals surface area contributed by atoms with Crippen LogP contribution in [0.3, 0.4) is 0 Å². The number of hydrogen-bond donors (Lipinski definition) is 1. The molecule has 310 valence electrons. The van der Waals surface area contributed by atoms with Crippen molar-refractivity contribution >= 4 is 53.6 Å². The Bertz CT molecular complexity index is 1820. The normalized spacial score (nSPS) is 27.0. The maximum atomic E-state index is 14.7. The number of rotatable bonds is 13. The predicted molar refractivity (Wildman–Crippen MR) is 177 cm³/mol. The van der Waals surface area contributed by atoms with Gasteiger partial charge in [0.05, 0.1) is 0 Å². The number of anilines is 1. The summed E-state index contributed by atoms with van der Waals surface area (Å²) in [7, 11) is 1.21. The highest BCUT2D eigenvalue weighted by atomic mass is 16.7. The van der Waals surface area contributed by atoms with E-state index in [9.17, 15) is 47.9 Å². The molecule has 56 heavy (non-hydrogen) atoms. The van der Waals surface area contributed by atoms with Gasteiger partial charge in [-0.15, -0.1) is 5.10 Å². The number of carbonyl (C=O) groups excluding carboxylic acids is 8. The number of hydrogen-bond acceptors (Lipinski definition) is 22. The van der Waals surface area contributed by atoms with Gasteiger partial charge in [-0.1, -0.05) is 0 Å². The van der Waals surface area contributed by atoms with Crippen molar-refractivity contribution < 1.29 is 85.7 Å². The van der Waals surface area contributed by atoms with Gasteiger partial charge >= 0.3 is 59.0 Å². The van der Waals surface area contributed by atoms with Gasteiger partial charge in [-0.3, -0.25) is 43.2 Å². The average Bonchev–Trinajstić information content (AvgIpc) is 3.06. The molecule has 3 rings (SSSR count). The van der Waals surface area contributed by atoms with Crippen LogP contribution < -0.4 is 16.6 Å². The molecule has 1 aromatic rings. The lowest BCUT2D eigenvalue weighted by atomic mass is 9.96. The molecule has 0 spiro atoms. The summed E-state index contributed by atoms with van der Waals surface area (Å²) in [5, 5.41) is 6.52. The molecule has 2 aliphatic heterocycles. The van der Waals surface area contributed by atoms with Crippen molar-refractivity contribution in [2.75, 3.05) is 25.6 Å².